The van der Waals surface area contributed by atoms with E-state index in [1.54, 1.807) is 6.07 Å². The van der Waals surface area contributed by atoms with Crippen molar-refractivity contribution in [2.45, 2.75) is 138 Å². The molecule has 0 bridgehead atoms. The Morgan fingerprint density at radius 1 is 0.585 bits per heavy atom. The number of rotatable bonds is 7. The molecule has 0 radical (unpaired) electrons. The van der Waals surface area contributed by atoms with E-state index >= 15 is 0 Å². The van der Waals surface area contributed by atoms with Crippen LogP contribution in [0.3, 0.4) is 0 Å². The molecule has 2 aromatic heterocycles. The fourth-order valence-corrected chi connectivity index (χ4v) is 7.85. The maximum atomic E-state index is 11.4. The van der Waals surface area contributed by atoms with Crippen LogP contribution in [-0.2, 0) is 48.1 Å². The van der Waals surface area contributed by atoms with Crippen molar-refractivity contribution in [3.63, 3.8) is 0 Å². The van der Waals surface area contributed by atoms with Crippen molar-refractivity contribution in [3.05, 3.63) is 149 Å². The zero-order chi connectivity index (χ0) is 46.7. The van der Waals surface area contributed by atoms with E-state index in [1.807, 2.05) is 36.7 Å². The van der Waals surface area contributed by atoms with Crippen LogP contribution in [0.15, 0.2) is 109 Å². The summed E-state index contributed by atoms with van der Waals surface area (Å²) in [5.41, 5.74) is 14.8. The molecule has 2 heterocycles. The number of benzene rings is 5. The minimum Gasteiger partial charge on any atom is -0.507 e. The molecule has 0 spiro atoms. The molecule has 65 heavy (non-hydrogen) atoms. The monoisotopic (exact) mass is 1050 g/mol. The van der Waals surface area contributed by atoms with Gasteiger partial charge >= 0.3 is 0 Å². The molecular weight excluding hydrogens is 978 g/mol. The standard InChI is InChI=1S/C58H68N5O.Pt/c1-36(35-60-44-31-40(55(5,6)7)29-41(32-44)56(8,9)10)48-24-25-59-52(61-48)38-26-37(27-39(28-38)54(2,3)4)46-21-19-22-49-51(46)62-53(47-20-17-18-23-50(47)64)63(49)45-33-42(57(11,12)13)30-43(34-45)58(14,15)16;/h17-25,27-35,60,64H,1-16H3;/q-1;/b36-35-;. The second-order valence-electron chi connectivity index (χ2n) is 22.7. The van der Waals surface area contributed by atoms with Crippen molar-refractivity contribution in [2.75, 3.05) is 5.32 Å². The van der Waals surface area contributed by atoms with Gasteiger partial charge in [0.15, 0.2) is 0 Å². The van der Waals surface area contributed by atoms with E-state index in [1.165, 1.54) is 22.3 Å². The third kappa shape index (κ3) is 10.7. The van der Waals surface area contributed by atoms with Crippen molar-refractivity contribution >= 4 is 22.3 Å². The minimum atomic E-state index is -0.186. The van der Waals surface area contributed by atoms with Crippen molar-refractivity contribution in [2.24, 2.45) is 0 Å². The number of aromatic hydroxyl groups is 1. The van der Waals surface area contributed by atoms with Gasteiger partial charge in [0, 0.05) is 44.8 Å². The number of nitrogens with one attached hydrogen (secondary N) is 1. The van der Waals surface area contributed by atoms with Crippen LogP contribution in [0.2, 0.25) is 0 Å². The second-order valence-corrected chi connectivity index (χ2v) is 22.7. The van der Waals surface area contributed by atoms with Crippen LogP contribution in [-0.4, -0.2) is 24.6 Å². The molecular formula is C58H68N5OPt-. The Labute approximate surface area is 403 Å². The Morgan fingerprint density at radius 3 is 1.65 bits per heavy atom. The smallest absolute Gasteiger partial charge is 0.148 e. The number of para-hydroxylation sites is 2. The van der Waals surface area contributed by atoms with Gasteiger partial charge in [-0.05, 0) is 110 Å². The van der Waals surface area contributed by atoms with Crippen LogP contribution in [0.4, 0.5) is 5.69 Å². The summed E-state index contributed by atoms with van der Waals surface area (Å²) in [4.78, 5) is 15.4. The molecule has 5 aromatic carbocycles. The number of hydrogen-bond acceptors (Lipinski definition) is 5. The number of fused-ring (bicyclic) bond motifs is 1. The Hall–Kier alpha value is -5.32. The quantitative estimate of drug-likeness (QED) is 0.156. The van der Waals surface area contributed by atoms with Gasteiger partial charge in [0.05, 0.1) is 28.1 Å². The first-order valence-corrected chi connectivity index (χ1v) is 22.7. The van der Waals surface area contributed by atoms with Crippen molar-refractivity contribution in [1.29, 1.82) is 0 Å². The largest absolute Gasteiger partial charge is 0.507 e. The van der Waals surface area contributed by atoms with E-state index in [9.17, 15) is 5.11 Å². The number of aromatic nitrogens is 4. The summed E-state index contributed by atoms with van der Waals surface area (Å²) >= 11 is 0. The van der Waals surface area contributed by atoms with Gasteiger partial charge in [-0.3, -0.25) is 14.5 Å². The molecule has 342 valence electrons. The zero-order valence-corrected chi connectivity index (χ0v) is 43.7. The van der Waals surface area contributed by atoms with Gasteiger partial charge in [0.25, 0.3) is 0 Å². The van der Waals surface area contributed by atoms with E-state index in [2.05, 4.69) is 193 Å². The number of hydrogen-bond donors (Lipinski definition) is 2. The summed E-state index contributed by atoms with van der Waals surface area (Å²) in [6.45, 7) is 35.9. The molecule has 2 N–H and O–H groups in total. The average Bonchev–Trinajstić information content (AvgIpc) is 3.60. The average molecular weight is 1050 g/mol. The molecule has 0 fully saturated rings. The zero-order valence-electron chi connectivity index (χ0n) is 41.4. The van der Waals surface area contributed by atoms with Crippen LogP contribution in [0.25, 0.3) is 56.2 Å². The predicted octanol–water partition coefficient (Wildman–Crippen LogP) is 15.3. The summed E-state index contributed by atoms with van der Waals surface area (Å²) in [6.07, 6.45) is 3.88. The molecule has 0 aliphatic carbocycles. The molecule has 0 atom stereocenters. The number of imidazole rings is 1. The summed E-state index contributed by atoms with van der Waals surface area (Å²) in [6, 6.07) is 37.7. The number of allylic oxidation sites excluding steroid dienone is 1. The summed E-state index contributed by atoms with van der Waals surface area (Å²) < 4.78 is 2.21. The van der Waals surface area contributed by atoms with Crippen molar-refractivity contribution in [1.82, 2.24) is 19.5 Å². The Balaban J connectivity index is 0.00000700. The fraction of sp³-hybridized carbons (Fsp3) is 0.362. The van der Waals surface area contributed by atoms with Gasteiger partial charge < -0.3 is 10.4 Å². The van der Waals surface area contributed by atoms with E-state index in [0.717, 1.165) is 55.9 Å². The molecule has 7 heteroatoms. The number of phenolic OH excluding ortho intramolecular Hbond substituents is 1. The molecule has 7 aromatic rings. The maximum absolute atomic E-state index is 11.4. The fourth-order valence-electron chi connectivity index (χ4n) is 7.85. The topological polar surface area (TPSA) is 75.9 Å². The van der Waals surface area contributed by atoms with E-state index in [0.29, 0.717) is 17.2 Å². The molecule has 0 saturated heterocycles. The van der Waals surface area contributed by atoms with Crippen molar-refractivity contribution in [3.8, 4) is 45.3 Å². The van der Waals surface area contributed by atoms with Crippen LogP contribution >= 0.6 is 0 Å². The summed E-state index contributed by atoms with van der Waals surface area (Å²) in [5, 5.41) is 15.0. The van der Waals surface area contributed by atoms with Gasteiger partial charge in [0.1, 0.15) is 11.6 Å². The molecule has 0 unspecified atom stereocenters. The van der Waals surface area contributed by atoms with E-state index < -0.39 is 0 Å². The van der Waals surface area contributed by atoms with Gasteiger partial charge in [-0.2, -0.15) is 0 Å². The SMILES string of the molecule is C/C(=C/Nc1cc(C(C)(C)C)cc(C(C)(C)C)c1)c1ccnc(-c2[c-]c(-c3cccc4c3nc(-c3ccccc3O)n4-c3cc(C(C)(C)C)cc(C(C)(C)C)c3)cc(C(C)(C)C)c2)n1.[Pt]. The van der Waals surface area contributed by atoms with Crippen LogP contribution < -0.4 is 5.32 Å². The van der Waals surface area contributed by atoms with Crippen molar-refractivity contribution < 1.29 is 26.2 Å². The summed E-state index contributed by atoms with van der Waals surface area (Å²) in [7, 11) is 0. The third-order valence-electron chi connectivity index (χ3n) is 12.2. The maximum Gasteiger partial charge on any atom is 0.148 e. The first-order valence-electron chi connectivity index (χ1n) is 22.7. The summed E-state index contributed by atoms with van der Waals surface area (Å²) in [5.74, 6) is 1.45. The Morgan fingerprint density at radius 2 is 1.09 bits per heavy atom. The number of anilines is 1. The molecule has 0 aliphatic heterocycles. The first-order chi connectivity index (χ1) is 29.7. The molecule has 6 nitrogen and oxygen atoms in total. The number of phenols is 1. The van der Waals surface area contributed by atoms with Gasteiger partial charge in [-0.25, -0.2) is 4.98 Å². The minimum absolute atomic E-state index is 0. The normalized spacial score (nSPS) is 13.0. The number of nitrogens with zero attached hydrogens (tertiary/aromatic N) is 4. The van der Waals surface area contributed by atoms with E-state index in [4.69, 9.17) is 15.0 Å². The molecule has 0 aliphatic rings. The Kier molecular flexibility index (Phi) is 13.5. The predicted molar refractivity (Wildman–Crippen MR) is 271 cm³/mol. The second kappa shape index (κ2) is 17.8. The third-order valence-corrected chi connectivity index (χ3v) is 12.2. The van der Waals surface area contributed by atoms with Gasteiger partial charge in [0.2, 0.25) is 0 Å². The molecule has 0 saturated carbocycles. The van der Waals surface area contributed by atoms with Crippen LogP contribution in [0.5, 0.6) is 5.75 Å². The van der Waals surface area contributed by atoms with Gasteiger partial charge in [-0.1, -0.05) is 151 Å². The van der Waals surface area contributed by atoms with Crippen LogP contribution in [0, 0.1) is 6.07 Å². The molecule has 7 rings (SSSR count). The first kappa shape index (κ1) is 49.1. The van der Waals surface area contributed by atoms with E-state index in [-0.39, 0.29) is 53.9 Å². The Bertz CT molecular complexity index is 2840. The van der Waals surface area contributed by atoms with Crippen LogP contribution in [0.1, 0.15) is 144 Å². The van der Waals surface area contributed by atoms with Gasteiger partial charge in [-0.15, -0.1) is 29.3 Å². The molecule has 0 amide bonds.